The summed E-state index contributed by atoms with van der Waals surface area (Å²) in [6.07, 6.45) is -7.25. The van der Waals surface area contributed by atoms with E-state index in [0.29, 0.717) is 6.42 Å². The summed E-state index contributed by atoms with van der Waals surface area (Å²) in [5, 5.41) is 48.7. The normalized spacial score (nSPS) is 29.9. The van der Waals surface area contributed by atoms with Crippen molar-refractivity contribution in [2.75, 3.05) is 20.8 Å². The fourth-order valence-corrected chi connectivity index (χ4v) is 2.79. The van der Waals surface area contributed by atoms with Crippen molar-refractivity contribution in [3.05, 3.63) is 17.7 Å². The zero-order chi connectivity index (χ0) is 19.4. The minimum Gasteiger partial charge on any atom is -0.493 e. The van der Waals surface area contributed by atoms with Gasteiger partial charge < -0.3 is 44.5 Å². The molecule has 1 aromatic rings. The van der Waals surface area contributed by atoms with Gasteiger partial charge in [-0.25, -0.2) is 0 Å². The zero-order valence-electron chi connectivity index (χ0n) is 14.9. The second-order valence-corrected chi connectivity index (χ2v) is 6.20. The van der Waals surface area contributed by atoms with E-state index in [1.54, 1.807) is 19.1 Å². The molecule has 0 saturated carbocycles. The van der Waals surface area contributed by atoms with Crippen LogP contribution in [0.3, 0.4) is 0 Å². The fourth-order valence-electron chi connectivity index (χ4n) is 2.79. The highest BCUT2D eigenvalue weighted by Crippen LogP contribution is 2.40. The molecule has 0 radical (unpaired) electrons. The van der Waals surface area contributed by atoms with Gasteiger partial charge in [0.1, 0.15) is 24.4 Å². The Hall–Kier alpha value is -1.62. The Balaban J connectivity index is 2.32. The third kappa shape index (κ3) is 4.37. The number of hydrogen-bond donors (Lipinski definition) is 5. The number of benzene rings is 1. The minimum atomic E-state index is -1.56. The van der Waals surface area contributed by atoms with Crippen LogP contribution in [0.2, 0.25) is 0 Å². The standard InChI is InChI=1S/C17H26O9/c1-8(19)4-9-5-10(23-2)16(11(6-9)24-3)26-17-15(22)14(21)13(20)12(7-18)25-17/h5-6,8,12-15,17-22H,4,7H2,1-3H3/t8-,12-,13-,14+,15-,17+/m1/s1. The molecule has 148 valence electrons. The van der Waals surface area contributed by atoms with Crippen LogP contribution in [-0.2, 0) is 11.2 Å². The van der Waals surface area contributed by atoms with Crippen molar-refractivity contribution in [2.45, 2.75) is 50.2 Å². The Morgan fingerprint density at radius 2 is 1.62 bits per heavy atom. The number of hydrogen-bond acceptors (Lipinski definition) is 9. The van der Waals surface area contributed by atoms with E-state index in [-0.39, 0.29) is 17.2 Å². The summed E-state index contributed by atoms with van der Waals surface area (Å²) < 4.78 is 21.6. The molecule has 0 aromatic heterocycles. The van der Waals surface area contributed by atoms with Gasteiger partial charge in [-0.3, -0.25) is 0 Å². The number of aliphatic hydroxyl groups is 5. The van der Waals surface area contributed by atoms with Crippen LogP contribution in [0.5, 0.6) is 17.2 Å². The van der Waals surface area contributed by atoms with Crippen LogP contribution in [0.15, 0.2) is 12.1 Å². The predicted molar refractivity (Wildman–Crippen MR) is 89.3 cm³/mol. The lowest BCUT2D eigenvalue weighted by Crippen LogP contribution is -2.60. The van der Waals surface area contributed by atoms with Crippen LogP contribution in [0.25, 0.3) is 0 Å². The van der Waals surface area contributed by atoms with Gasteiger partial charge in [-0.2, -0.15) is 0 Å². The van der Waals surface area contributed by atoms with Crippen molar-refractivity contribution in [1.82, 2.24) is 0 Å². The molecule has 0 amide bonds. The van der Waals surface area contributed by atoms with E-state index in [9.17, 15) is 25.5 Å². The maximum Gasteiger partial charge on any atom is 0.229 e. The first-order valence-electron chi connectivity index (χ1n) is 8.22. The lowest BCUT2D eigenvalue weighted by atomic mass is 9.99. The van der Waals surface area contributed by atoms with E-state index >= 15 is 0 Å². The second-order valence-electron chi connectivity index (χ2n) is 6.20. The lowest BCUT2D eigenvalue weighted by Gasteiger charge is -2.39. The summed E-state index contributed by atoms with van der Waals surface area (Å²) in [6, 6.07) is 3.29. The van der Waals surface area contributed by atoms with Crippen molar-refractivity contribution in [1.29, 1.82) is 0 Å². The van der Waals surface area contributed by atoms with E-state index in [1.807, 2.05) is 0 Å². The van der Waals surface area contributed by atoms with Crippen LogP contribution in [0.1, 0.15) is 12.5 Å². The highest BCUT2D eigenvalue weighted by Gasteiger charge is 2.45. The Morgan fingerprint density at radius 1 is 1.04 bits per heavy atom. The van der Waals surface area contributed by atoms with Crippen molar-refractivity contribution in [2.24, 2.45) is 0 Å². The quantitative estimate of drug-likeness (QED) is 0.399. The Bertz CT molecular complexity index is 565. The Morgan fingerprint density at radius 3 is 2.08 bits per heavy atom. The Labute approximate surface area is 151 Å². The van der Waals surface area contributed by atoms with Gasteiger partial charge in [-0.05, 0) is 31.0 Å². The predicted octanol–water partition coefficient (Wildman–Crippen LogP) is -1.19. The molecule has 5 N–H and O–H groups in total. The first-order valence-corrected chi connectivity index (χ1v) is 8.22. The van der Waals surface area contributed by atoms with E-state index < -0.39 is 43.4 Å². The van der Waals surface area contributed by atoms with Crippen LogP contribution in [0, 0.1) is 0 Å². The molecule has 9 heteroatoms. The first kappa shape index (κ1) is 20.7. The monoisotopic (exact) mass is 374 g/mol. The largest absolute Gasteiger partial charge is 0.493 e. The molecule has 1 fully saturated rings. The zero-order valence-corrected chi connectivity index (χ0v) is 14.9. The molecule has 1 aliphatic heterocycles. The number of methoxy groups -OCH3 is 2. The maximum atomic E-state index is 10.1. The van der Waals surface area contributed by atoms with E-state index in [4.69, 9.17) is 18.9 Å². The fraction of sp³-hybridized carbons (Fsp3) is 0.647. The molecule has 0 aliphatic carbocycles. The molecule has 1 aromatic carbocycles. The van der Waals surface area contributed by atoms with Crippen LogP contribution in [-0.4, -0.2) is 83.2 Å². The molecule has 6 atom stereocenters. The molecule has 1 heterocycles. The molecule has 2 rings (SSSR count). The molecule has 9 nitrogen and oxygen atoms in total. The first-order chi connectivity index (χ1) is 12.3. The van der Waals surface area contributed by atoms with Crippen LogP contribution < -0.4 is 14.2 Å². The van der Waals surface area contributed by atoms with Crippen LogP contribution in [0.4, 0.5) is 0 Å². The van der Waals surface area contributed by atoms with E-state index in [0.717, 1.165) is 5.56 Å². The van der Waals surface area contributed by atoms with Crippen molar-refractivity contribution in [3.63, 3.8) is 0 Å². The van der Waals surface area contributed by atoms with E-state index in [1.165, 1.54) is 14.2 Å². The number of ether oxygens (including phenoxy) is 4. The molecule has 0 bridgehead atoms. The molecular formula is C17H26O9. The SMILES string of the molecule is COc1cc(C[C@@H](C)O)cc(OC)c1O[C@@H]1O[C@H](CO)[C@@H](O)[C@H](O)[C@H]1O. The molecule has 0 unspecified atom stereocenters. The molecule has 1 saturated heterocycles. The summed E-state index contributed by atoms with van der Waals surface area (Å²) in [5.41, 5.74) is 0.745. The third-order valence-corrected chi connectivity index (χ3v) is 4.13. The van der Waals surface area contributed by atoms with Gasteiger partial charge >= 0.3 is 0 Å². The molecule has 26 heavy (non-hydrogen) atoms. The Kier molecular flexibility index (Phi) is 7.04. The molecule has 0 spiro atoms. The smallest absolute Gasteiger partial charge is 0.229 e. The highest BCUT2D eigenvalue weighted by atomic mass is 16.7. The van der Waals surface area contributed by atoms with Gasteiger partial charge in [0.25, 0.3) is 0 Å². The average Bonchev–Trinajstić information content (AvgIpc) is 2.62. The van der Waals surface area contributed by atoms with Gasteiger partial charge in [0, 0.05) is 0 Å². The summed E-state index contributed by atoms with van der Waals surface area (Å²) in [4.78, 5) is 0. The third-order valence-electron chi connectivity index (χ3n) is 4.13. The highest BCUT2D eigenvalue weighted by molar-refractivity contribution is 5.54. The second kappa shape index (κ2) is 8.85. The molecular weight excluding hydrogens is 348 g/mol. The minimum absolute atomic E-state index is 0.119. The summed E-state index contributed by atoms with van der Waals surface area (Å²) in [5.74, 6) is 0.669. The van der Waals surface area contributed by atoms with Crippen molar-refractivity contribution in [3.8, 4) is 17.2 Å². The average molecular weight is 374 g/mol. The topological polar surface area (TPSA) is 138 Å². The van der Waals surface area contributed by atoms with Crippen molar-refractivity contribution < 1.29 is 44.5 Å². The van der Waals surface area contributed by atoms with Gasteiger partial charge in [0.2, 0.25) is 12.0 Å². The maximum absolute atomic E-state index is 10.1. The van der Waals surface area contributed by atoms with Gasteiger partial charge in [0.05, 0.1) is 26.9 Å². The van der Waals surface area contributed by atoms with Gasteiger partial charge in [-0.1, -0.05) is 0 Å². The van der Waals surface area contributed by atoms with Gasteiger partial charge in [-0.15, -0.1) is 0 Å². The van der Waals surface area contributed by atoms with Gasteiger partial charge in [0.15, 0.2) is 11.5 Å². The lowest BCUT2D eigenvalue weighted by molar-refractivity contribution is -0.277. The van der Waals surface area contributed by atoms with E-state index in [2.05, 4.69) is 0 Å². The van der Waals surface area contributed by atoms with Crippen LogP contribution >= 0.6 is 0 Å². The summed E-state index contributed by atoms with van der Waals surface area (Å²) >= 11 is 0. The molecule has 1 aliphatic rings. The number of rotatable bonds is 7. The number of aliphatic hydroxyl groups excluding tert-OH is 5. The van der Waals surface area contributed by atoms with Crippen molar-refractivity contribution >= 4 is 0 Å². The summed E-state index contributed by atoms with van der Waals surface area (Å²) in [6.45, 7) is 1.09. The summed E-state index contributed by atoms with van der Waals surface area (Å²) in [7, 11) is 2.84.